The van der Waals surface area contributed by atoms with E-state index in [9.17, 15) is 13.2 Å². The van der Waals surface area contributed by atoms with Crippen LogP contribution in [0.5, 0.6) is 11.5 Å². The highest BCUT2D eigenvalue weighted by molar-refractivity contribution is 7.87. The quantitative estimate of drug-likeness (QED) is 0.643. The minimum atomic E-state index is -3.96. The molecule has 0 spiro atoms. The van der Waals surface area contributed by atoms with Crippen molar-refractivity contribution in [2.75, 3.05) is 7.11 Å². The molecule has 0 aliphatic heterocycles. The molecule has 0 saturated carbocycles. The summed E-state index contributed by atoms with van der Waals surface area (Å²) in [6.45, 7) is 5.92. The Hall–Kier alpha value is -2.54. The predicted molar refractivity (Wildman–Crippen MR) is 103 cm³/mol. The van der Waals surface area contributed by atoms with Gasteiger partial charge in [0.05, 0.1) is 7.11 Å². The first-order valence-corrected chi connectivity index (χ1v) is 10.1. The zero-order valence-electron chi connectivity index (χ0n) is 16.0. The van der Waals surface area contributed by atoms with Gasteiger partial charge in [0.15, 0.2) is 0 Å². The topological polar surface area (TPSA) is 72.9 Å². The number of hydrogen-bond acceptors (Lipinski definition) is 5. The zero-order valence-corrected chi connectivity index (χ0v) is 16.8. The van der Waals surface area contributed by atoms with Gasteiger partial charge >= 0.3 is 10.1 Å². The number of rotatable bonds is 8. The number of methoxy groups -OCH3 is 1. The van der Waals surface area contributed by atoms with Gasteiger partial charge in [-0.15, -0.1) is 0 Å². The number of amides is 1. The summed E-state index contributed by atoms with van der Waals surface area (Å²) < 4.78 is 35.2. The Bertz CT molecular complexity index is 878. The molecule has 0 heterocycles. The van der Waals surface area contributed by atoms with E-state index < -0.39 is 10.1 Å². The fraction of sp³-hybridized carbons (Fsp3) is 0.350. The number of carbonyl (C=O) groups is 1. The third-order valence-electron chi connectivity index (χ3n) is 4.33. The van der Waals surface area contributed by atoms with Crippen molar-refractivity contribution in [2.24, 2.45) is 0 Å². The Balaban J connectivity index is 2.20. The fourth-order valence-corrected chi connectivity index (χ4v) is 3.53. The van der Waals surface area contributed by atoms with Gasteiger partial charge in [-0.05, 0) is 55.3 Å². The molecule has 0 aliphatic carbocycles. The van der Waals surface area contributed by atoms with E-state index in [4.69, 9.17) is 8.92 Å². The van der Waals surface area contributed by atoms with E-state index in [1.54, 1.807) is 35.2 Å². The van der Waals surface area contributed by atoms with Crippen molar-refractivity contribution < 1.29 is 22.1 Å². The van der Waals surface area contributed by atoms with Crippen molar-refractivity contribution in [1.82, 2.24) is 4.90 Å². The van der Waals surface area contributed by atoms with Gasteiger partial charge in [-0.25, -0.2) is 0 Å². The molecular weight excluding hydrogens is 366 g/mol. The van der Waals surface area contributed by atoms with E-state index in [1.807, 2.05) is 19.9 Å². The highest BCUT2D eigenvalue weighted by Crippen LogP contribution is 2.23. The molecule has 2 aromatic carbocycles. The third-order valence-corrected chi connectivity index (χ3v) is 5.59. The summed E-state index contributed by atoms with van der Waals surface area (Å²) in [5.41, 5.74) is 0.799. The van der Waals surface area contributed by atoms with E-state index in [1.165, 1.54) is 26.2 Å². The van der Waals surface area contributed by atoms with E-state index in [-0.39, 0.29) is 22.6 Å². The van der Waals surface area contributed by atoms with Gasteiger partial charge in [0, 0.05) is 19.5 Å². The number of benzene rings is 2. The van der Waals surface area contributed by atoms with Gasteiger partial charge in [-0.3, -0.25) is 4.79 Å². The van der Waals surface area contributed by atoms with Crippen LogP contribution in [-0.2, 0) is 21.5 Å². The second-order valence-corrected chi connectivity index (χ2v) is 7.81. The Morgan fingerprint density at radius 3 is 2.33 bits per heavy atom. The minimum absolute atomic E-state index is 0.0264. The van der Waals surface area contributed by atoms with Crippen LogP contribution in [0.2, 0.25) is 0 Å². The van der Waals surface area contributed by atoms with E-state index in [2.05, 4.69) is 0 Å². The molecule has 1 atom stereocenters. The Kier molecular flexibility index (Phi) is 6.85. The Labute approximate surface area is 160 Å². The summed E-state index contributed by atoms with van der Waals surface area (Å²) in [6, 6.07) is 12.8. The van der Waals surface area contributed by atoms with Crippen LogP contribution in [0, 0.1) is 0 Å². The molecule has 0 aliphatic rings. The van der Waals surface area contributed by atoms with Crippen molar-refractivity contribution in [3.63, 3.8) is 0 Å². The molecule has 0 fully saturated rings. The molecule has 27 heavy (non-hydrogen) atoms. The second kappa shape index (κ2) is 8.90. The molecule has 0 bridgehead atoms. The maximum atomic E-state index is 12.5. The number of carbonyl (C=O) groups excluding carboxylic acids is 1. The molecule has 0 saturated heterocycles. The average Bonchev–Trinajstić information content (AvgIpc) is 2.65. The predicted octanol–water partition coefficient (Wildman–Crippen LogP) is 3.61. The maximum absolute atomic E-state index is 12.5. The first-order chi connectivity index (χ1) is 12.8. The van der Waals surface area contributed by atoms with Crippen molar-refractivity contribution in [3.8, 4) is 11.5 Å². The minimum Gasteiger partial charge on any atom is -0.497 e. The molecule has 7 heteroatoms. The van der Waals surface area contributed by atoms with E-state index in [0.29, 0.717) is 12.3 Å². The lowest BCUT2D eigenvalue weighted by molar-refractivity contribution is -0.131. The van der Waals surface area contributed by atoms with Crippen molar-refractivity contribution in [2.45, 2.75) is 44.7 Å². The maximum Gasteiger partial charge on any atom is 0.339 e. The second-order valence-electron chi connectivity index (χ2n) is 6.26. The van der Waals surface area contributed by atoms with Crippen LogP contribution in [0.4, 0.5) is 0 Å². The zero-order chi connectivity index (χ0) is 20.0. The lowest BCUT2D eigenvalue weighted by atomic mass is 10.1. The summed E-state index contributed by atoms with van der Waals surface area (Å²) in [5, 5.41) is 0. The highest BCUT2D eigenvalue weighted by Gasteiger charge is 2.19. The lowest BCUT2D eigenvalue weighted by Gasteiger charge is -2.27. The van der Waals surface area contributed by atoms with Crippen molar-refractivity contribution in [1.29, 1.82) is 0 Å². The number of hydrogen-bond donors (Lipinski definition) is 0. The van der Waals surface area contributed by atoms with Crippen LogP contribution in [0.1, 0.15) is 32.8 Å². The average molecular weight is 391 g/mol. The smallest absolute Gasteiger partial charge is 0.339 e. The van der Waals surface area contributed by atoms with Gasteiger partial charge < -0.3 is 13.8 Å². The normalized spacial score (nSPS) is 12.3. The molecule has 2 rings (SSSR count). The summed E-state index contributed by atoms with van der Waals surface area (Å²) in [4.78, 5) is 13.7. The molecule has 0 N–H and O–H groups in total. The van der Waals surface area contributed by atoms with Crippen LogP contribution < -0.4 is 8.92 Å². The van der Waals surface area contributed by atoms with Crippen LogP contribution in [0.25, 0.3) is 0 Å². The molecule has 0 radical (unpaired) electrons. The lowest BCUT2D eigenvalue weighted by Crippen LogP contribution is -2.36. The van der Waals surface area contributed by atoms with Crippen molar-refractivity contribution >= 4 is 16.0 Å². The SMILES string of the molecule is CCC(C)N(Cc1cccc(OS(=O)(=O)c2ccc(OC)cc2)c1)C(C)=O. The van der Waals surface area contributed by atoms with E-state index in [0.717, 1.165) is 12.0 Å². The molecule has 6 nitrogen and oxygen atoms in total. The summed E-state index contributed by atoms with van der Waals surface area (Å²) in [6.07, 6.45) is 0.835. The van der Waals surface area contributed by atoms with Gasteiger partial charge in [0.1, 0.15) is 16.4 Å². The van der Waals surface area contributed by atoms with Gasteiger partial charge in [0.2, 0.25) is 5.91 Å². The van der Waals surface area contributed by atoms with Crippen molar-refractivity contribution in [3.05, 3.63) is 54.1 Å². The molecule has 1 amide bonds. The van der Waals surface area contributed by atoms with Crippen LogP contribution in [0.3, 0.4) is 0 Å². The monoisotopic (exact) mass is 391 g/mol. The van der Waals surface area contributed by atoms with Crippen LogP contribution >= 0.6 is 0 Å². The number of nitrogens with zero attached hydrogens (tertiary/aromatic N) is 1. The molecule has 0 aromatic heterocycles. The van der Waals surface area contributed by atoms with E-state index >= 15 is 0 Å². The van der Waals surface area contributed by atoms with Gasteiger partial charge in [-0.2, -0.15) is 8.42 Å². The van der Waals surface area contributed by atoms with Gasteiger partial charge in [0.25, 0.3) is 0 Å². The van der Waals surface area contributed by atoms with Gasteiger partial charge in [-0.1, -0.05) is 19.1 Å². The largest absolute Gasteiger partial charge is 0.497 e. The van der Waals surface area contributed by atoms with Crippen LogP contribution in [0.15, 0.2) is 53.4 Å². The highest BCUT2D eigenvalue weighted by atomic mass is 32.2. The summed E-state index contributed by atoms with van der Waals surface area (Å²) >= 11 is 0. The standard InChI is InChI=1S/C20H25NO5S/c1-5-15(2)21(16(3)22)14-17-7-6-8-19(13-17)26-27(23,24)20-11-9-18(25-4)10-12-20/h6-13,15H,5,14H2,1-4H3. The van der Waals surface area contributed by atoms with Crippen LogP contribution in [-0.4, -0.2) is 32.4 Å². The third kappa shape index (κ3) is 5.47. The first kappa shape index (κ1) is 20.8. The Morgan fingerprint density at radius 2 is 1.78 bits per heavy atom. The molecular formula is C20H25NO5S. The summed E-state index contributed by atoms with van der Waals surface area (Å²) in [5.74, 6) is 0.739. The Morgan fingerprint density at radius 1 is 1.11 bits per heavy atom. The molecule has 2 aromatic rings. The fourth-order valence-electron chi connectivity index (χ4n) is 2.61. The number of ether oxygens (including phenoxy) is 1. The molecule has 146 valence electrons. The first-order valence-electron chi connectivity index (χ1n) is 8.71. The summed E-state index contributed by atoms with van der Waals surface area (Å²) in [7, 11) is -2.45. The molecule has 1 unspecified atom stereocenters.